The summed E-state index contributed by atoms with van der Waals surface area (Å²) in [5.74, 6) is -0.500. The second-order valence-corrected chi connectivity index (χ2v) is 4.09. The van der Waals surface area contributed by atoms with Crippen LogP contribution in [0.3, 0.4) is 0 Å². The van der Waals surface area contributed by atoms with Crippen LogP contribution in [0.1, 0.15) is 16.8 Å². The van der Waals surface area contributed by atoms with Gasteiger partial charge < -0.3 is 5.11 Å². The molecular formula is C15H13FO2. The highest BCUT2D eigenvalue weighted by Gasteiger charge is 2.09. The van der Waals surface area contributed by atoms with Gasteiger partial charge in [-0.15, -0.1) is 0 Å². The van der Waals surface area contributed by atoms with E-state index in [1.807, 2.05) is 0 Å². The lowest BCUT2D eigenvalue weighted by Gasteiger charge is -2.08. The fourth-order valence-electron chi connectivity index (χ4n) is 1.74. The Labute approximate surface area is 105 Å². The number of halogens is 1. The molecule has 1 aromatic carbocycles. The number of ketones is 1. The van der Waals surface area contributed by atoms with Gasteiger partial charge in [-0.25, -0.2) is 4.39 Å². The van der Waals surface area contributed by atoms with Crippen molar-refractivity contribution in [1.29, 1.82) is 0 Å². The molecule has 1 aliphatic rings. The van der Waals surface area contributed by atoms with Gasteiger partial charge in [-0.2, -0.15) is 0 Å². The van der Waals surface area contributed by atoms with Crippen molar-refractivity contribution in [2.24, 2.45) is 5.92 Å². The number of allylic oxidation sites excluding steroid dienone is 6. The third kappa shape index (κ3) is 2.94. The van der Waals surface area contributed by atoms with Gasteiger partial charge in [0.05, 0.1) is 5.56 Å². The highest BCUT2D eigenvalue weighted by Crippen LogP contribution is 2.20. The van der Waals surface area contributed by atoms with E-state index < -0.39 is 0 Å². The van der Waals surface area contributed by atoms with Gasteiger partial charge in [0, 0.05) is 0 Å². The molecule has 1 atom stereocenters. The highest BCUT2D eigenvalue weighted by molar-refractivity contribution is 6.06. The quantitative estimate of drug-likeness (QED) is 0.652. The van der Waals surface area contributed by atoms with Crippen molar-refractivity contribution < 1.29 is 14.3 Å². The minimum Gasteiger partial charge on any atom is -0.507 e. The topological polar surface area (TPSA) is 37.3 Å². The average molecular weight is 244 g/mol. The number of benzene rings is 1. The first kappa shape index (κ1) is 12.3. The summed E-state index contributed by atoms with van der Waals surface area (Å²) in [5.41, 5.74) is 0.273. The normalized spacial score (nSPS) is 18.9. The second-order valence-electron chi connectivity index (χ2n) is 4.09. The second kappa shape index (κ2) is 5.45. The lowest BCUT2D eigenvalue weighted by atomic mass is 9.98. The molecule has 0 aliphatic heterocycles. The van der Waals surface area contributed by atoms with E-state index in [0.717, 1.165) is 0 Å². The predicted molar refractivity (Wildman–Crippen MR) is 68.0 cm³/mol. The third-order valence-corrected chi connectivity index (χ3v) is 2.75. The number of aromatic hydroxyl groups is 1. The van der Waals surface area contributed by atoms with Crippen LogP contribution in [0, 0.1) is 5.92 Å². The summed E-state index contributed by atoms with van der Waals surface area (Å²) in [6.45, 7) is 0. The van der Waals surface area contributed by atoms with Crippen LogP contribution in [0.25, 0.3) is 0 Å². The van der Waals surface area contributed by atoms with Crippen LogP contribution in [-0.4, -0.2) is 10.9 Å². The summed E-state index contributed by atoms with van der Waals surface area (Å²) in [5, 5.41) is 9.52. The maximum atomic E-state index is 12.7. The van der Waals surface area contributed by atoms with Crippen LogP contribution in [0.15, 0.2) is 60.5 Å². The fraction of sp³-hybridized carbons (Fsp3) is 0.133. The smallest absolute Gasteiger partial charge is 0.189 e. The molecule has 0 bridgehead atoms. The van der Waals surface area contributed by atoms with E-state index in [1.54, 1.807) is 30.4 Å². The van der Waals surface area contributed by atoms with E-state index >= 15 is 0 Å². The van der Waals surface area contributed by atoms with Crippen LogP contribution < -0.4 is 0 Å². The molecule has 0 radical (unpaired) electrons. The highest BCUT2D eigenvalue weighted by atomic mass is 19.1. The summed E-state index contributed by atoms with van der Waals surface area (Å²) in [6, 6.07) is 6.39. The van der Waals surface area contributed by atoms with E-state index in [0.29, 0.717) is 6.42 Å². The lowest BCUT2D eigenvalue weighted by Crippen LogP contribution is -1.98. The molecule has 1 N–H and O–H groups in total. The van der Waals surface area contributed by atoms with Gasteiger partial charge in [-0.3, -0.25) is 4.79 Å². The summed E-state index contributed by atoms with van der Waals surface area (Å²) in [6.07, 6.45) is 8.27. The number of phenols is 1. The molecular weight excluding hydrogens is 231 g/mol. The zero-order chi connectivity index (χ0) is 13.0. The van der Waals surface area contributed by atoms with E-state index in [1.165, 1.54) is 24.3 Å². The Bertz CT molecular complexity index is 541. The molecule has 18 heavy (non-hydrogen) atoms. The Kier molecular flexibility index (Phi) is 3.72. The number of hydrogen-bond acceptors (Lipinski definition) is 2. The van der Waals surface area contributed by atoms with E-state index in [9.17, 15) is 14.3 Å². The van der Waals surface area contributed by atoms with Crippen LogP contribution >= 0.6 is 0 Å². The number of rotatable bonds is 3. The Balaban J connectivity index is 2.05. The molecule has 0 saturated heterocycles. The van der Waals surface area contributed by atoms with Crippen LogP contribution in [0.5, 0.6) is 5.75 Å². The van der Waals surface area contributed by atoms with Crippen molar-refractivity contribution >= 4 is 5.78 Å². The molecule has 2 rings (SSSR count). The standard InChI is InChI=1S/C15H13FO2/c16-12-8-5-11(6-9-12)7-10-15(18)13-3-1-2-4-14(13)17/h1-5,7-11,17H,6H2. The fourth-order valence-corrected chi connectivity index (χ4v) is 1.74. The Morgan fingerprint density at radius 2 is 2.17 bits per heavy atom. The van der Waals surface area contributed by atoms with Gasteiger partial charge >= 0.3 is 0 Å². The van der Waals surface area contributed by atoms with Crippen molar-refractivity contribution in [3.05, 3.63) is 66.0 Å². The van der Waals surface area contributed by atoms with Crippen molar-refractivity contribution in [3.63, 3.8) is 0 Å². The van der Waals surface area contributed by atoms with Gasteiger partial charge in [-0.1, -0.05) is 24.3 Å². The van der Waals surface area contributed by atoms with Crippen molar-refractivity contribution in [2.45, 2.75) is 6.42 Å². The third-order valence-electron chi connectivity index (χ3n) is 2.75. The summed E-state index contributed by atoms with van der Waals surface area (Å²) >= 11 is 0. The van der Waals surface area contributed by atoms with Gasteiger partial charge in [0.15, 0.2) is 5.78 Å². The van der Waals surface area contributed by atoms with Crippen LogP contribution in [-0.2, 0) is 0 Å². The zero-order valence-electron chi connectivity index (χ0n) is 9.71. The lowest BCUT2D eigenvalue weighted by molar-refractivity contribution is 0.104. The predicted octanol–water partition coefficient (Wildman–Crippen LogP) is 3.56. The molecule has 1 aliphatic carbocycles. The molecule has 1 aromatic rings. The maximum Gasteiger partial charge on any atom is 0.189 e. The molecule has 0 amide bonds. The first-order valence-electron chi connectivity index (χ1n) is 5.71. The monoisotopic (exact) mass is 244 g/mol. The molecule has 3 heteroatoms. The minimum atomic E-state index is -0.253. The molecule has 92 valence electrons. The van der Waals surface area contributed by atoms with E-state index in [4.69, 9.17) is 0 Å². The number of carbonyl (C=O) groups excluding carboxylic acids is 1. The maximum absolute atomic E-state index is 12.7. The SMILES string of the molecule is O=C(C=CC1C=CC(F)=CC1)c1ccccc1O. The first-order chi connectivity index (χ1) is 8.66. The first-order valence-corrected chi connectivity index (χ1v) is 5.71. The van der Waals surface area contributed by atoms with Crippen LogP contribution in [0.2, 0.25) is 0 Å². The Hall–Kier alpha value is -2.16. The van der Waals surface area contributed by atoms with E-state index in [2.05, 4.69) is 0 Å². The van der Waals surface area contributed by atoms with Gasteiger partial charge in [-0.05, 0) is 42.7 Å². The molecule has 1 unspecified atom stereocenters. The Morgan fingerprint density at radius 3 is 2.83 bits per heavy atom. The zero-order valence-corrected chi connectivity index (χ0v) is 9.71. The summed E-state index contributed by atoms with van der Waals surface area (Å²) in [7, 11) is 0. The van der Waals surface area contributed by atoms with Gasteiger partial charge in [0.25, 0.3) is 0 Å². The molecule has 0 heterocycles. The van der Waals surface area contributed by atoms with Crippen molar-refractivity contribution in [1.82, 2.24) is 0 Å². The summed E-state index contributed by atoms with van der Waals surface area (Å²) in [4.78, 5) is 11.8. The van der Waals surface area contributed by atoms with Crippen molar-refractivity contribution in [2.75, 3.05) is 0 Å². The summed E-state index contributed by atoms with van der Waals surface area (Å²) < 4.78 is 12.7. The molecule has 0 aromatic heterocycles. The van der Waals surface area contributed by atoms with Crippen molar-refractivity contribution in [3.8, 4) is 5.75 Å². The van der Waals surface area contributed by atoms with Crippen LogP contribution in [0.4, 0.5) is 4.39 Å². The minimum absolute atomic E-state index is 0.0271. The van der Waals surface area contributed by atoms with Gasteiger partial charge in [0.1, 0.15) is 11.6 Å². The number of carbonyl (C=O) groups is 1. The van der Waals surface area contributed by atoms with E-state index in [-0.39, 0.29) is 28.8 Å². The molecule has 2 nitrogen and oxygen atoms in total. The molecule has 0 spiro atoms. The number of phenolic OH excluding ortho intramolecular Hbond substituents is 1. The Morgan fingerprint density at radius 1 is 1.39 bits per heavy atom. The molecule has 0 fully saturated rings. The number of hydrogen-bond donors (Lipinski definition) is 1. The average Bonchev–Trinajstić information content (AvgIpc) is 2.38. The van der Waals surface area contributed by atoms with Gasteiger partial charge in [0.2, 0.25) is 0 Å². The number of para-hydroxylation sites is 1. The molecule has 0 saturated carbocycles. The largest absolute Gasteiger partial charge is 0.507 e.